The average molecular weight is 302 g/mol. The number of carbonyl (C=O) groups is 1. The van der Waals surface area contributed by atoms with Crippen LogP contribution in [-0.2, 0) is 6.42 Å². The molecular formula is C15H14N2O3S. The van der Waals surface area contributed by atoms with Crippen molar-refractivity contribution >= 4 is 29.0 Å². The maximum Gasteiger partial charge on any atom is 0.280 e. The van der Waals surface area contributed by atoms with Crippen molar-refractivity contribution in [2.75, 3.05) is 11.4 Å². The molecule has 1 aromatic heterocycles. The van der Waals surface area contributed by atoms with Gasteiger partial charge in [0.2, 0.25) is 0 Å². The number of benzene rings is 1. The van der Waals surface area contributed by atoms with Gasteiger partial charge < -0.3 is 4.90 Å². The van der Waals surface area contributed by atoms with E-state index in [4.69, 9.17) is 0 Å². The highest BCUT2D eigenvalue weighted by Gasteiger charge is 2.26. The van der Waals surface area contributed by atoms with Gasteiger partial charge in [0.15, 0.2) is 6.29 Å². The number of anilines is 1. The topological polar surface area (TPSA) is 63.4 Å². The largest absolute Gasteiger partial charge is 0.364 e. The molecule has 0 radical (unpaired) electrons. The molecule has 0 saturated carbocycles. The van der Waals surface area contributed by atoms with Crippen LogP contribution in [0.4, 0.5) is 11.4 Å². The van der Waals surface area contributed by atoms with Crippen LogP contribution >= 0.6 is 11.3 Å². The standard InChI is InChI=1S/C15H14N2O3S/c1-10-13-5-7-21-15(13)4-6-16(10)12-2-3-14(17(19)20)11(8-12)9-18/h2-3,5,7-10H,4,6H2,1H3. The maximum absolute atomic E-state index is 11.1. The van der Waals surface area contributed by atoms with E-state index in [-0.39, 0.29) is 17.3 Å². The Morgan fingerprint density at radius 1 is 1.43 bits per heavy atom. The zero-order chi connectivity index (χ0) is 15.0. The molecule has 2 heterocycles. The predicted molar refractivity (Wildman–Crippen MR) is 82.3 cm³/mol. The molecule has 0 aliphatic carbocycles. The Hall–Kier alpha value is -2.21. The first-order valence-electron chi connectivity index (χ1n) is 6.68. The monoisotopic (exact) mass is 302 g/mol. The molecule has 1 aliphatic rings. The quantitative estimate of drug-likeness (QED) is 0.494. The minimum Gasteiger partial charge on any atom is -0.364 e. The Morgan fingerprint density at radius 2 is 2.24 bits per heavy atom. The van der Waals surface area contributed by atoms with E-state index in [9.17, 15) is 14.9 Å². The molecule has 0 saturated heterocycles. The third-order valence-electron chi connectivity index (χ3n) is 3.94. The van der Waals surface area contributed by atoms with Crippen molar-refractivity contribution in [2.45, 2.75) is 19.4 Å². The highest BCUT2D eigenvalue weighted by Crippen LogP contribution is 2.37. The summed E-state index contributed by atoms with van der Waals surface area (Å²) < 4.78 is 0. The van der Waals surface area contributed by atoms with Crippen LogP contribution in [0.1, 0.15) is 33.8 Å². The lowest BCUT2D eigenvalue weighted by molar-refractivity contribution is -0.385. The predicted octanol–water partition coefficient (Wildman–Crippen LogP) is 3.59. The molecule has 21 heavy (non-hydrogen) atoms. The number of thiophene rings is 1. The summed E-state index contributed by atoms with van der Waals surface area (Å²) in [5, 5.41) is 13.0. The van der Waals surface area contributed by atoms with Gasteiger partial charge in [0, 0.05) is 23.2 Å². The fraction of sp³-hybridized carbons (Fsp3) is 0.267. The summed E-state index contributed by atoms with van der Waals surface area (Å²) in [5.74, 6) is 0. The van der Waals surface area contributed by atoms with Crippen molar-refractivity contribution in [3.63, 3.8) is 0 Å². The van der Waals surface area contributed by atoms with E-state index in [1.807, 2.05) is 0 Å². The second-order valence-corrected chi connectivity index (χ2v) is 6.04. The van der Waals surface area contributed by atoms with E-state index < -0.39 is 4.92 Å². The van der Waals surface area contributed by atoms with E-state index in [0.29, 0.717) is 6.29 Å². The Morgan fingerprint density at radius 3 is 2.95 bits per heavy atom. The molecule has 5 nitrogen and oxygen atoms in total. The molecule has 0 N–H and O–H groups in total. The van der Waals surface area contributed by atoms with Crippen LogP contribution in [0.25, 0.3) is 0 Å². The first-order chi connectivity index (χ1) is 10.1. The lowest BCUT2D eigenvalue weighted by atomic mass is 10.00. The molecule has 6 heteroatoms. The van der Waals surface area contributed by atoms with Gasteiger partial charge in [-0.15, -0.1) is 11.3 Å². The van der Waals surface area contributed by atoms with E-state index in [2.05, 4.69) is 23.3 Å². The minimum absolute atomic E-state index is 0.126. The minimum atomic E-state index is -0.524. The van der Waals surface area contributed by atoms with Gasteiger partial charge in [-0.2, -0.15) is 0 Å². The number of aldehydes is 1. The number of nitro groups is 1. The van der Waals surface area contributed by atoms with Gasteiger partial charge in [0.1, 0.15) is 0 Å². The van der Waals surface area contributed by atoms with E-state index in [0.717, 1.165) is 18.7 Å². The highest BCUT2D eigenvalue weighted by atomic mass is 32.1. The van der Waals surface area contributed by atoms with Gasteiger partial charge in [-0.3, -0.25) is 14.9 Å². The van der Waals surface area contributed by atoms with Crippen LogP contribution < -0.4 is 4.90 Å². The highest BCUT2D eigenvalue weighted by molar-refractivity contribution is 7.10. The van der Waals surface area contributed by atoms with E-state index >= 15 is 0 Å². The van der Waals surface area contributed by atoms with Gasteiger partial charge in [0.25, 0.3) is 5.69 Å². The van der Waals surface area contributed by atoms with Crippen LogP contribution in [0.2, 0.25) is 0 Å². The molecule has 0 fully saturated rings. The van der Waals surface area contributed by atoms with Crippen LogP contribution in [0.3, 0.4) is 0 Å². The van der Waals surface area contributed by atoms with Crippen LogP contribution in [0.5, 0.6) is 0 Å². The molecule has 1 aliphatic heterocycles. The molecule has 0 spiro atoms. The van der Waals surface area contributed by atoms with Crippen molar-refractivity contribution in [2.24, 2.45) is 0 Å². The summed E-state index contributed by atoms with van der Waals surface area (Å²) in [7, 11) is 0. The van der Waals surface area contributed by atoms with E-state index in [1.165, 1.54) is 16.5 Å². The molecule has 1 unspecified atom stereocenters. The average Bonchev–Trinajstić information content (AvgIpc) is 2.96. The van der Waals surface area contributed by atoms with Crippen molar-refractivity contribution in [3.05, 3.63) is 55.8 Å². The SMILES string of the molecule is CC1c2ccsc2CCN1c1ccc([N+](=O)[O-])c(C=O)c1. The third kappa shape index (κ3) is 2.31. The Balaban J connectivity index is 1.98. The Bertz CT molecular complexity index is 711. The smallest absolute Gasteiger partial charge is 0.280 e. The van der Waals surface area contributed by atoms with Gasteiger partial charge in [0.05, 0.1) is 16.5 Å². The molecule has 1 aromatic carbocycles. The van der Waals surface area contributed by atoms with Crippen molar-refractivity contribution in [1.29, 1.82) is 0 Å². The molecular weight excluding hydrogens is 288 g/mol. The molecule has 0 amide bonds. The lowest BCUT2D eigenvalue weighted by Crippen LogP contribution is -2.33. The molecule has 2 aromatic rings. The Kier molecular flexibility index (Phi) is 3.47. The normalized spacial score (nSPS) is 17.4. The number of hydrogen-bond acceptors (Lipinski definition) is 5. The summed E-state index contributed by atoms with van der Waals surface area (Å²) in [6.07, 6.45) is 1.51. The van der Waals surface area contributed by atoms with Gasteiger partial charge in [-0.1, -0.05) is 0 Å². The first kappa shape index (κ1) is 13.8. The summed E-state index contributed by atoms with van der Waals surface area (Å²) >= 11 is 1.77. The molecule has 3 rings (SSSR count). The van der Waals surface area contributed by atoms with Crippen LogP contribution in [0, 0.1) is 10.1 Å². The van der Waals surface area contributed by atoms with Gasteiger partial charge >= 0.3 is 0 Å². The fourth-order valence-electron chi connectivity index (χ4n) is 2.84. The molecule has 0 bridgehead atoms. The number of hydrogen-bond donors (Lipinski definition) is 0. The van der Waals surface area contributed by atoms with E-state index in [1.54, 1.807) is 23.5 Å². The second kappa shape index (κ2) is 5.29. The summed E-state index contributed by atoms with van der Waals surface area (Å²) in [6.45, 7) is 2.97. The first-order valence-corrected chi connectivity index (χ1v) is 7.56. The summed E-state index contributed by atoms with van der Waals surface area (Å²) in [5.41, 5.74) is 2.14. The van der Waals surface area contributed by atoms with Crippen molar-refractivity contribution in [3.8, 4) is 0 Å². The second-order valence-electron chi connectivity index (χ2n) is 5.04. The number of rotatable bonds is 3. The fourth-order valence-corrected chi connectivity index (χ4v) is 3.81. The van der Waals surface area contributed by atoms with Crippen LogP contribution in [-0.4, -0.2) is 17.8 Å². The summed E-state index contributed by atoms with van der Waals surface area (Å²) in [4.78, 5) is 25.0. The lowest BCUT2D eigenvalue weighted by Gasteiger charge is -2.35. The van der Waals surface area contributed by atoms with Gasteiger partial charge in [-0.25, -0.2) is 0 Å². The molecule has 1 atom stereocenters. The maximum atomic E-state index is 11.1. The van der Waals surface area contributed by atoms with Crippen molar-refractivity contribution in [1.82, 2.24) is 0 Å². The number of fused-ring (bicyclic) bond motifs is 1. The third-order valence-corrected chi connectivity index (χ3v) is 4.94. The summed E-state index contributed by atoms with van der Waals surface area (Å²) in [6, 6.07) is 7.08. The Labute approximate surface area is 126 Å². The number of nitro benzene ring substituents is 1. The van der Waals surface area contributed by atoms with Crippen molar-refractivity contribution < 1.29 is 9.72 Å². The number of nitrogens with zero attached hydrogens (tertiary/aromatic N) is 2. The van der Waals surface area contributed by atoms with Gasteiger partial charge in [-0.05, 0) is 42.5 Å². The zero-order valence-electron chi connectivity index (χ0n) is 11.5. The molecule has 108 valence electrons. The zero-order valence-corrected chi connectivity index (χ0v) is 12.3. The van der Waals surface area contributed by atoms with Crippen LogP contribution in [0.15, 0.2) is 29.6 Å². The number of carbonyl (C=O) groups excluding carboxylic acids is 1.